The molecule has 1 aromatic rings. The van der Waals surface area contributed by atoms with Crippen molar-refractivity contribution < 1.29 is 0 Å². The van der Waals surface area contributed by atoms with Crippen LogP contribution >= 0.6 is 0 Å². The molecule has 118 valence electrons. The molecule has 0 saturated heterocycles. The molecule has 2 aliphatic carbocycles. The molecule has 0 amide bonds. The third-order valence-corrected chi connectivity index (χ3v) is 5.43. The summed E-state index contributed by atoms with van der Waals surface area (Å²) in [7, 11) is 2.02. The lowest BCUT2D eigenvalue weighted by molar-refractivity contribution is 0.166. The summed E-state index contributed by atoms with van der Waals surface area (Å²) in [6, 6.07) is 3.04. The van der Waals surface area contributed by atoms with E-state index in [2.05, 4.69) is 29.6 Å². The Morgan fingerprint density at radius 1 is 1.24 bits per heavy atom. The Morgan fingerprint density at radius 2 is 2.10 bits per heavy atom. The molecule has 0 spiro atoms. The lowest BCUT2D eigenvalue weighted by atomic mass is 9.71. The van der Waals surface area contributed by atoms with Crippen molar-refractivity contribution in [2.75, 3.05) is 6.54 Å². The number of hydrogen-bond acceptors (Lipinski definition) is 2. The highest BCUT2D eigenvalue weighted by Crippen LogP contribution is 2.38. The summed E-state index contributed by atoms with van der Waals surface area (Å²) in [6.07, 6.45) is 13.1. The lowest BCUT2D eigenvalue weighted by Crippen LogP contribution is -2.35. The summed E-state index contributed by atoms with van der Waals surface area (Å²) in [4.78, 5) is 0. The van der Waals surface area contributed by atoms with E-state index in [0.29, 0.717) is 0 Å². The van der Waals surface area contributed by atoms with Crippen molar-refractivity contribution in [3.8, 4) is 0 Å². The summed E-state index contributed by atoms with van der Waals surface area (Å²) in [6.45, 7) is 3.56. The summed E-state index contributed by atoms with van der Waals surface area (Å²) in [5.74, 6) is 2.65. The van der Waals surface area contributed by atoms with Crippen molar-refractivity contribution in [3.05, 3.63) is 18.0 Å². The van der Waals surface area contributed by atoms with E-state index in [1.807, 2.05) is 11.7 Å². The Kier molecular flexibility index (Phi) is 4.99. The molecule has 21 heavy (non-hydrogen) atoms. The Morgan fingerprint density at radius 3 is 2.76 bits per heavy atom. The normalized spacial score (nSPS) is 29.7. The highest BCUT2D eigenvalue weighted by Gasteiger charge is 2.32. The first-order chi connectivity index (χ1) is 10.2. The maximum Gasteiger partial charge on any atom is 0.0627 e. The predicted octanol–water partition coefficient (Wildman–Crippen LogP) is 3.55. The van der Waals surface area contributed by atoms with Crippen LogP contribution in [0.15, 0.2) is 12.3 Å². The fraction of sp³-hybridized carbons (Fsp3) is 0.833. The van der Waals surface area contributed by atoms with Gasteiger partial charge in [-0.15, -0.1) is 0 Å². The Bertz CT molecular complexity index is 435. The second-order valence-electron chi connectivity index (χ2n) is 7.36. The zero-order chi connectivity index (χ0) is 14.7. The monoisotopic (exact) mass is 289 g/mol. The average molecular weight is 289 g/mol. The van der Waals surface area contributed by atoms with Crippen LogP contribution in [0.2, 0.25) is 0 Å². The first-order valence-electron chi connectivity index (χ1n) is 8.96. The zero-order valence-corrected chi connectivity index (χ0v) is 13.7. The van der Waals surface area contributed by atoms with Crippen LogP contribution in [0.1, 0.15) is 57.6 Å². The Balaban J connectivity index is 1.59. The van der Waals surface area contributed by atoms with Gasteiger partial charge in [-0.3, -0.25) is 4.68 Å². The second-order valence-corrected chi connectivity index (χ2v) is 7.36. The van der Waals surface area contributed by atoms with Gasteiger partial charge < -0.3 is 5.32 Å². The van der Waals surface area contributed by atoms with Gasteiger partial charge >= 0.3 is 0 Å². The molecular formula is C18H31N3. The Hall–Kier alpha value is -0.830. The van der Waals surface area contributed by atoms with Gasteiger partial charge in [0.15, 0.2) is 0 Å². The van der Waals surface area contributed by atoms with E-state index in [4.69, 9.17) is 0 Å². The molecule has 3 unspecified atom stereocenters. The molecule has 3 atom stereocenters. The SMILES string of the molecule is CCCC1CCC(CNC2CC2)C(Cc2ccn(C)n2)C1. The minimum absolute atomic E-state index is 0.830. The third kappa shape index (κ3) is 4.32. The van der Waals surface area contributed by atoms with Crippen molar-refractivity contribution in [2.24, 2.45) is 24.8 Å². The van der Waals surface area contributed by atoms with Crippen molar-refractivity contribution in [2.45, 2.75) is 64.3 Å². The van der Waals surface area contributed by atoms with Crippen LogP contribution in [-0.2, 0) is 13.5 Å². The first kappa shape index (κ1) is 15.1. The summed E-state index contributed by atoms with van der Waals surface area (Å²) < 4.78 is 1.94. The molecule has 2 saturated carbocycles. The van der Waals surface area contributed by atoms with Crippen molar-refractivity contribution in [1.29, 1.82) is 0 Å². The van der Waals surface area contributed by atoms with Gasteiger partial charge in [-0.2, -0.15) is 5.10 Å². The minimum atomic E-state index is 0.830. The fourth-order valence-corrected chi connectivity index (χ4v) is 4.06. The molecule has 3 rings (SSSR count). The van der Waals surface area contributed by atoms with E-state index in [9.17, 15) is 0 Å². The van der Waals surface area contributed by atoms with Crippen molar-refractivity contribution in [1.82, 2.24) is 15.1 Å². The third-order valence-electron chi connectivity index (χ3n) is 5.43. The smallest absolute Gasteiger partial charge is 0.0627 e. The number of nitrogens with zero attached hydrogens (tertiary/aromatic N) is 2. The van der Waals surface area contributed by atoms with Gasteiger partial charge in [0.05, 0.1) is 5.69 Å². The van der Waals surface area contributed by atoms with Crippen molar-refractivity contribution >= 4 is 0 Å². The quantitative estimate of drug-likeness (QED) is 0.832. The molecule has 0 aromatic carbocycles. The van der Waals surface area contributed by atoms with Gasteiger partial charge in [-0.1, -0.05) is 26.2 Å². The number of rotatable bonds is 7. The molecule has 0 radical (unpaired) electrons. The highest BCUT2D eigenvalue weighted by molar-refractivity contribution is 5.02. The fourth-order valence-electron chi connectivity index (χ4n) is 4.06. The largest absolute Gasteiger partial charge is 0.314 e. The van der Waals surface area contributed by atoms with Gasteiger partial charge in [0.1, 0.15) is 0 Å². The molecule has 0 bridgehead atoms. The van der Waals surface area contributed by atoms with Crippen LogP contribution in [0.3, 0.4) is 0 Å². The number of aromatic nitrogens is 2. The topological polar surface area (TPSA) is 29.9 Å². The first-order valence-corrected chi connectivity index (χ1v) is 8.96. The summed E-state index contributed by atoms with van der Waals surface area (Å²) in [5, 5.41) is 8.38. The van der Waals surface area contributed by atoms with Crippen molar-refractivity contribution in [3.63, 3.8) is 0 Å². The maximum absolute atomic E-state index is 4.61. The van der Waals surface area contributed by atoms with E-state index < -0.39 is 0 Å². The minimum Gasteiger partial charge on any atom is -0.314 e. The molecule has 0 aliphatic heterocycles. The Labute approximate surface area is 129 Å². The molecular weight excluding hydrogens is 258 g/mol. The van der Waals surface area contributed by atoms with E-state index in [-0.39, 0.29) is 0 Å². The second kappa shape index (κ2) is 6.95. The summed E-state index contributed by atoms with van der Waals surface area (Å²) >= 11 is 0. The summed E-state index contributed by atoms with van der Waals surface area (Å²) in [5.41, 5.74) is 1.29. The molecule has 2 aliphatic rings. The average Bonchev–Trinajstić information content (AvgIpc) is 3.21. The number of aryl methyl sites for hydroxylation is 1. The van der Waals surface area contributed by atoms with Crippen LogP contribution in [-0.4, -0.2) is 22.4 Å². The predicted molar refractivity (Wildman–Crippen MR) is 87.2 cm³/mol. The van der Waals surface area contributed by atoms with Gasteiger partial charge in [0, 0.05) is 19.3 Å². The molecule has 3 nitrogen and oxygen atoms in total. The molecule has 3 heteroatoms. The molecule has 1 heterocycles. The molecule has 1 N–H and O–H groups in total. The van der Waals surface area contributed by atoms with E-state index in [1.54, 1.807) is 0 Å². The highest BCUT2D eigenvalue weighted by atomic mass is 15.2. The van der Waals surface area contributed by atoms with Crippen LogP contribution in [0, 0.1) is 17.8 Å². The zero-order valence-electron chi connectivity index (χ0n) is 13.7. The van der Waals surface area contributed by atoms with Crippen LogP contribution < -0.4 is 5.32 Å². The van der Waals surface area contributed by atoms with E-state index >= 15 is 0 Å². The van der Waals surface area contributed by atoms with Crippen LogP contribution in [0.5, 0.6) is 0 Å². The van der Waals surface area contributed by atoms with Crippen LogP contribution in [0.4, 0.5) is 0 Å². The molecule has 2 fully saturated rings. The number of hydrogen-bond donors (Lipinski definition) is 1. The van der Waals surface area contributed by atoms with Gasteiger partial charge in [-0.05, 0) is 62.5 Å². The van der Waals surface area contributed by atoms with E-state index in [1.165, 1.54) is 63.6 Å². The molecule has 1 aromatic heterocycles. The maximum atomic E-state index is 4.61. The van der Waals surface area contributed by atoms with E-state index in [0.717, 1.165) is 23.8 Å². The number of nitrogens with one attached hydrogen (secondary N) is 1. The van der Waals surface area contributed by atoms with Gasteiger partial charge in [0.25, 0.3) is 0 Å². The van der Waals surface area contributed by atoms with Crippen LogP contribution in [0.25, 0.3) is 0 Å². The standard InChI is InChI=1S/C18H31N3/c1-3-4-14-5-6-15(13-19-17-7-8-17)16(11-14)12-18-9-10-21(2)20-18/h9-10,14-17,19H,3-8,11-13H2,1-2H3. The lowest BCUT2D eigenvalue weighted by Gasteiger charge is -2.36. The van der Waals surface area contributed by atoms with Gasteiger partial charge in [-0.25, -0.2) is 0 Å². The van der Waals surface area contributed by atoms with Gasteiger partial charge in [0.2, 0.25) is 0 Å².